The molecule has 0 atom stereocenters. The molecule has 5 nitrogen and oxygen atoms in total. The van der Waals surface area contributed by atoms with Crippen molar-refractivity contribution in [1.29, 1.82) is 0 Å². The number of aryl methyl sites for hydroxylation is 1. The van der Waals surface area contributed by atoms with Crippen LogP contribution >= 0.6 is 11.8 Å². The number of rotatable bonds is 2. The van der Waals surface area contributed by atoms with Crippen molar-refractivity contribution >= 4 is 21.6 Å². The SMILES string of the molecule is Cc1cc2c(n1C)CSc1cc(S(=O)(=O)c3ccccc3)c(=O)[nH]c1-2. The van der Waals surface area contributed by atoms with Gasteiger partial charge in [0.05, 0.1) is 10.6 Å². The van der Waals surface area contributed by atoms with E-state index >= 15 is 0 Å². The number of fused-ring (bicyclic) bond motifs is 3. The fourth-order valence-corrected chi connectivity index (χ4v) is 5.61. The molecule has 0 aliphatic carbocycles. The van der Waals surface area contributed by atoms with Crippen LogP contribution in [0, 0.1) is 6.92 Å². The smallest absolute Gasteiger partial charge is 0.267 e. The molecule has 0 saturated carbocycles. The zero-order chi connectivity index (χ0) is 17.8. The van der Waals surface area contributed by atoms with E-state index in [0.717, 1.165) is 27.6 Å². The monoisotopic (exact) mass is 372 g/mol. The maximum absolute atomic E-state index is 12.8. The maximum Gasteiger partial charge on any atom is 0.267 e. The zero-order valence-electron chi connectivity index (χ0n) is 13.7. The van der Waals surface area contributed by atoms with E-state index in [1.807, 2.05) is 20.0 Å². The quantitative estimate of drug-likeness (QED) is 0.750. The Morgan fingerprint density at radius 2 is 1.88 bits per heavy atom. The van der Waals surface area contributed by atoms with Crippen molar-refractivity contribution in [3.05, 3.63) is 64.2 Å². The van der Waals surface area contributed by atoms with Gasteiger partial charge in [-0.1, -0.05) is 18.2 Å². The average molecular weight is 372 g/mol. The minimum Gasteiger partial charge on any atom is -0.351 e. The highest BCUT2D eigenvalue weighted by Crippen LogP contribution is 2.41. The average Bonchev–Trinajstić information content (AvgIpc) is 2.90. The van der Waals surface area contributed by atoms with Crippen LogP contribution in [0.2, 0.25) is 0 Å². The van der Waals surface area contributed by atoms with Crippen LogP contribution in [-0.4, -0.2) is 18.0 Å². The van der Waals surface area contributed by atoms with E-state index in [0.29, 0.717) is 5.69 Å². The van der Waals surface area contributed by atoms with Gasteiger partial charge in [-0.05, 0) is 31.2 Å². The second kappa shape index (κ2) is 5.64. The van der Waals surface area contributed by atoms with Crippen molar-refractivity contribution < 1.29 is 8.42 Å². The summed E-state index contributed by atoms with van der Waals surface area (Å²) in [4.78, 5) is 16.1. The lowest BCUT2D eigenvalue weighted by atomic mass is 10.1. The molecule has 0 amide bonds. The molecule has 25 heavy (non-hydrogen) atoms. The van der Waals surface area contributed by atoms with Gasteiger partial charge in [-0.2, -0.15) is 0 Å². The molecular formula is C18H16N2O3S2. The topological polar surface area (TPSA) is 71.9 Å². The molecule has 0 saturated heterocycles. The molecule has 1 aromatic carbocycles. The third-order valence-corrected chi connectivity index (χ3v) is 7.37. The number of pyridine rings is 1. The highest BCUT2D eigenvalue weighted by atomic mass is 32.2. The number of hydrogen-bond acceptors (Lipinski definition) is 4. The Morgan fingerprint density at radius 3 is 2.60 bits per heavy atom. The predicted octanol–water partition coefficient (Wildman–Crippen LogP) is 3.13. The summed E-state index contributed by atoms with van der Waals surface area (Å²) in [6.07, 6.45) is 0. The van der Waals surface area contributed by atoms with Crippen molar-refractivity contribution in [1.82, 2.24) is 9.55 Å². The molecule has 0 radical (unpaired) electrons. The molecule has 4 rings (SSSR count). The Morgan fingerprint density at radius 1 is 1.16 bits per heavy atom. The number of nitrogens with one attached hydrogen (secondary N) is 1. The van der Waals surface area contributed by atoms with Crippen LogP contribution in [0.1, 0.15) is 11.4 Å². The number of H-pyrrole nitrogens is 1. The van der Waals surface area contributed by atoms with Crippen LogP contribution in [0.3, 0.4) is 0 Å². The molecule has 7 heteroatoms. The van der Waals surface area contributed by atoms with Crippen molar-refractivity contribution in [2.75, 3.05) is 0 Å². The standard InChI is InChI=1S/C18H16N2O3S2/c1-11-8-13-14(20(11)2)10-24-15-9-16(18(21)19-17(13)15)25(22,23)12-6-4-3-5-7-12/h3-9H,10H2,1-2H3,(H,19,21). The van der Waals surface area contributed by atoms with E-state index in [-0.39, 0.29) is 9.79 Å². The maximum atomic E-state index is 12.8. The van der Waals surface area contributed by atoms with Crippen molar-refractivity contribution in [2.45, 2.75) is 27.4 Å². The third-order valence-electron chi connectivity index (χ3n) is 4.55. The summed E-state index contributed by atoms with van der Waals surface area (Å²) in [5.74, 6) is 0.740. The Bertz CT molecular complexity index is 1140. The molecule has 2 aromatic heterocycles. The van der Waals surface area contributed by atoms with E-state index in [1.165, 1.54) is 30.0 Å². The summed E-state index contributed by atoms with van der Waals surface area (Å²) >= 11 is 1.54. The molecule has 3 aromatic rings. The molecule has 1 aliphatic rings. The molecule has 128 valence electrons. The van der Waals surface area contributed by atoms with Gasteiger partial charge in [0.2, 0.25) is 9.84 Å². The highest BCUT2D eigenvalue weighted by molar-refractivity contribution is 7.98. The molecule has 3 heterocycles. The van der Waals surface area contributed by atoms with Crippen LogP contribution in [0.15, 0.2) is 61.9 Å². The van der Waals surface area contributed by atoms with Crippen LogP contribution < -0.4 is 5.56 Å². The zero-order valence-corrected chi connectivity index (χ0v) is 15.4. The summed E-state index contributed by atoms with van der Waals surface area (Å²) in [5.41, 5.74) is 3.31. The van der Waals surface area contributed by atoms with E-state index in [2.05, 4.69) is 9.55 Å². The third kappa shape index (κ3) is 2.46. The van der Waals surface area contributed by atoms with Crippen LogP contribution in [0.25, 0.3) is 11.3 Å². The van der Waals surface area contributed by atoms with E-state index in [1.54, 1.807) is 18.2 Å². The lowest BCUT2D eigenvalue weighted by Crippen LogP contribution is -2.20. The van der Waals surface area contributed by atoms with Gasteiger partial charge in [0.15, 0.2) is 0 Å². The minimum atomic E-state index is -3.85. The number of aromatic nitrogens is 2. The van der Waals surface area contributed by atoms with Gasteiger partial charge in [-0.25, -0.2) is 8.42 Å². The molecule has 1 N–H and O–H groups in total. The fraction of sp³-hybridized carbons (Fsp3) is 0.167. The van der Waals surface area contributed by atoms with Gasteiger partial charge in [0.1, 0.15) is 4.90 Å². The van der Waals surface area contributed by atoms with Gasteiger partial charge < -0.3 is 9.55 Å². The van der Waals surface area contributed by atoms with E-state index in [9.17, 15) is 13.2 Å². The van der Waals surface area contributed by atoms with Gasteiger partial charge in [0, 0.05) is 34.6 Å². The number of sulfone groups is 1. The van der Waals surface area contributed by atoms with Gasteiger partial charge >= 0.3 is 0 Å². The summed E-state index contributed by atoms with van der Waals surface area (Å²) in [6.45, 7) is 2.01. The first kappa shape index (κ1) is 16.2. The number of benzene rings is 1. The lowest BCUT2D eigenvalue weighted by Gasteiger charge is -2.18. The van der Waals surface area contributed by atoms with E-state index in [4.69, 9.17) is 0 Å². The van der Waals surface area contributed by atoms with Crippen molar-refractivity contribution in [3.63, 3.8) is 0 Å². The fourth-order valence-electron chi connectivity index (χ4n) is 3.05. The predicted molar refractivity (Wildman–Crippen MR) is 97.7 cm³/mol. The van der Waals surface area contributed by atoms with Gasteiger partial charge in [-0.15, -0.1) is 11.8 Å². The lowest BCUT2D eigenvalue weighted by molar-refractivity contribution is 0.594. The van der Waals surface area contributed by atoms with Crippen LogP contribution in [0.5, 0.6) is 0 Å². The molecule has 1 aliphatic heterocycles. The number of hydrogen-bond donors (Lipinski definition) is 1. The number of nitrogens with zero attached hydrogens (tertiary/aromatic N) is 1. The summed E-state index contributed by atoms with van der Waals surface area (Å²) in [5, 5.41) is 0. The molecule has 0 fully saturated rings. The molecule has 0 bridgehead atoms. The minimum absolute atomic E-state index is 0.123. The second-order valence-electron chi connectivity index (χ2n) is 6.01. The van der Waals surface area contributed by atoms with Crippen molar-refractivity contribution in [2.24, 2.45) is 7.05 Å². The van der Waals surface area contributed by atoms with Crippen LogP contribution in [0.4, 0.5) is 0 Å². The van der Waals surface area contributed by atoms with Crippen molar-refractivity contribution in [3.8, 4) is 11.3 Å². The Kier molecular flexibility index (Phi) is 3.66. The first-order chi connectivity index (χ1) is 11.9. The van der Waals surface area contributed by atoms with E-state index < -0.39 is 15.4 Å². The Hall–Kier alpha value is -2.25. The molecule has 0 spiro atoms. The molecular weight excluding hydrogens is 356 g/mol. The Labute approximate surface area is 149 Å². The summed E-state index contributed by atoms with van der Waals surface area (Å²) in [6, 6.07) is 11.6. The summed E-state index contributed by atoms with van der Waals surface area (Å²) in [7, 11) is -1.85. The van der Waals surface area contributed by atoms with Crippen LogP contribution in [-0.2, 0) is 22.6 Å². The number of thioether (sulfide) groups is 1. The highest BCUT2D eigenvalue weighted by Gasteiger charge is 2.27. The first-order valence-corrected chi connectivity index (χ1v) is 10.2. The Balaban J connectivity index is 1.92. The normalized spacial score (nSPS) is 13.4. The van der Waals surface area contributed by atoms with Gasteiger partial charge in [-0.3, -0.25) is 4.79 Å². The first-order valence-electron chi connectivity index (χ1n) is 7.75. The van der Waals surface area contributed by atoms with Gasteiger partial charge in [0.25, 0.3) is 5.56 Å². The molecule has 0 unspecified atom stereocenters. The number of aromatic amines is 1. The second-order valence-corrected chi connectivity index (χ2v) is 8.95. The summed E-state index contributed by atoms with van der Waals surface area (Å²) < 4.78 is 27.7. The largest absolute Gasteiger partial charge is 0.351 e.